The van der Waals surface area contributed by atoms with E-state index in [1.165, 1.54) is 10.5 Å². The van der Waals surface area contributed by atoms with E-state index in [1.807, 2.05) is 0 Å². The van der Waals surface area contributed by atoms with Crippen molar-refractivity contribution in [2.75, 3.05) is 0 Å². The minimum absolute atomic E-state index is 0.0686. The molecular formula is C13H13BrOS. The molecule has 84 valence electrons. The number of ketones is 1. The number of fused-ring (bicyclic) bond motifs is 3. The maximum atomic E-state index is 12.0. The maximum absolute atomic E-state index is 12.0. The van der Waals surface area contributed by atoms with Gasteiger partial charge in [-0.25, -0.2) is 0 Å². The van der Waals surface area contributed by atoms with Gasteiger partial charge in [-0.1, -0.05) is 22.9 Å². The van der Waals surface area contributed by atoms with Crippen molar-refractivity contribution in [1.29, 1.82) is 0 Å². The van der Waals surface area contributed by atoms with Crippen LogP contribution in [0.2, 0.25) is 0 Å². The molecule has 0 spiro atoms. The summed E-state index contributed by atoms with van der Waals surface area (Å²) in [4.78, 5) is 13.3. The molecule has 1 aromatic carbocycles. The van der Waals surface area contributed by atoms with Gasteiger partial charge in [-0.2, -0.15) is 0 Å². The van der Waals surface area contributed by atoms with Crippen LogP contribution in [0, 0.1) is 0 Å². The molecule has 1 aliphatic heterocycles. The fourth-order valence-corrected chi connectivity index (χ4v) is 4.83. The number of benzene rings is 1. The lowest BCUT2D eigenvalue weighted by Gasteiger charge is -2.34. The van der Waals surface area contributed by atoms with Gasteiger partial charge in [0.1, 0.15) is 5.78 Å². The van der Waals surface area contributed by atoms with Gasteiger partial charge in [-0.3, -0.25) is 4.79 Å². The second kappa shape index (κ2) is 3.61. The van der Waals surface area contributed by atoms with Crippen molar-refractivity contribution in [3.05, 3.63) is 28.2 Å². The average molecular weight is 297 g/mol. The third kappa shape index (κ3) is 1.41. The predicted octanol–water partition coefficient (Wildman–Crippen LogP) is 3.93. The van der Waals surface area contributed by atoms with Crippen LogP contribution in [-0.4, -0.2) is 11.0 Å². The molecule has 1 fully saturated rings. The second-order valence-corrected chi connectivity index (χ2v) is 6.94. The molecule has 0 bridgehead atoms. The van der Waals surface area contributed by atoms with E-state index in [0.717, 1.165) is 23.7 Å². The summed E-state index contributed by atoms with van der Waals surface area (Å²) in [6, 6.07) is 6.40. The highest BCUT2D eigenvalue weighted by atomic mass is 79.9. The molecule has 0 N–H and O–H groups in total. The quantitative estimate of drug-likeness (QED) is 0.721. The maximum Gasteiger partial charge on any atom is 0.147 e. The van der Waals surface area contributed by atoms with E-state index >= 15 is 0 Å². The van der Waals surface area contributed by atoms with Crippen molar-refractivity contribution < 1.29 is 4.79 Å². The third-order valence-corrected chi connectivity index (χ3v) is 5.91. The molecule has 1 nitrogen and oxygen atoms in total. The van der Waals surface area contributed by atoms with Crippen molar-refractivity contribution in [3.8, 4) is 0 Å². The highest BCUT2D eigenvalue weighted by Gasteiger charge is 2.49. The Morgan fingerprint density at radius 3 is 3.12 bits per heavy atom. The summed E-state index contributed by atoms with van der Waals surface area (Å²) in [6.07, 6.45) is 2.95. The topological polar surface area (TPSA) is 17.1 Å². The number of carbonyl (C=O) groups excluding carboxylic acids is 1. The fraction of sp³-hybridized carbons (Fsp3) is 0.462. The Balaban J connectivity index is 2.14. The van der Waals surface area contributed by atoms with Gasteiger partial charge in [0.15, 0.2) is 0 Å². The molecule has 3 heteroatoms. The van der Waals surface area contributed by atoms with Crippen LogP contribution in [0.25, 0.3) is 0 Å². The average Bonchev–Trinajstić information content (AvgIpc) is 2.53. The molecule has 2 aliphatic rings. The first kappa shape index (κ1) is 10.8. The van der Waals surface area contributed by atoms with Crippen LogP contribution in [0.15, 0.2) is 27.6 Å². The van der Waals surface area contributed by atoms with E-state index in [-0.39, 0.29) is 10.7 Å². The summed E-state index contributed by atoms with van der Waals surface area (Å²) in [5.74, 6) is 0.436. The largest absolute Gasteiger partial charge is 0.298 e. The number of hydrogen-bond acceptors (Lipinski definition) is 2. The lowest BCUT2D eigenvalue weighted by Crippen LogP contribution is -2.40. The zero-order valence-electron chi connectivity index (χ0n) is 9.13. The number of halogens is 1. The number of Topliss-reactive ketones (excluding diaryl/α,β-unsaturated/α-hetero) is 1. The molecule has 1 aliphatic carbocycles. The normalized spacial score (nSPS) is 32.4. The Morgan fingerprint density at radius 1 is 1.50 bits per heavy atom. The van der Waals surface area contributed by atoms with Gasteiger partial charge in [0, 0.05) is 21.2 Å². The Hall–Kier alpha value is -0.280. The molecule has 0 radical (unpaired) electrons. The summed E-state index contributed by atoms with van der Waals surface area (Å²) < 4.78 is 1.12. The molecule has 1 aromatic rings. The highest BCUT2D eigenvalue weighted by Crippen LogP contribution is 2.54. The van der Waals surface area contributed by atoms with Gasteiger partial charge in [0.2, 0.25) is 0 Å². The molecule has 0 unspecified atom stereocenters. The lowest BCUT2D eigenvalue weighted by atomic mass is 9.70. The van der Waals surface area contributed by atoms with Crippen molar-refractivity contribution in [2.24, 2.45) is 0 Å². The van der Waals surface area contributed by atoms with E-state index in [9.17, 15) is 4.79 Å². The first-order valence-electron chi connectivity index (χ1n) is 5.61. The van der Waals surface area contributed by atoms with Crippen molar-refractivity contribution in [3.63, 3.8) is 0 Å². The molecule has 0 amide bonds. The first-order valence-corrected chi connectivity index (χ1v) is 7.28. The molecule has 16 heavy (non-hydrogen) atoms. The summed E-state index contributed by atoms with van der Waals surface area (Å²) in [5.41, 5.74) is 1.43. The SMILES string of the molecule is C[C@]12CCCC(=O)[C@H]1Sc1ccc(Br)cc12. The summed E-state index contributed by atoms with van der Waals surface area (Å²) in [5, 5.41) is 0.158. The van der Waals surface area contributed by atoms with E-state index in [1.54, 1.807) is 11.8 Å². The van der Waals surface area contributed by atoms with Crippen LogP contribution < -0.4 is 0 Å². The molecule has 1 heterocycles. The van der Waals surface area contributed by atoms with Crippen molar-refractivity contribution in [2.45, 2.75) is 41.7 Å². The van der Waals surface area contributed by atoms with Crippen LogP contribution in [0.5, 0.6) is 0 Å². The Kier molecular flexibility index (Phi) is 2.44. The summed E-state index contributed by atoms with van der Waals surface area (Å²) in [6.45, 7) is 2.25. The van der Waals surface area contributed by atoms with E-state index in [4.69, 9.17) is 0 Å². The van der Waals surface area contributed by atoms with Gasteiger partial charge < -0.3 is 0 Å². The van der Waals surface area contributed by atoms with Crippen molar-refractivity contribution >= 4 is 33.5 Å². The standard InChI is InChI=1S/C13H13BrOS/c1-13-6-2-3-10(15)12(13)16-11-5-4-8(14)7-9(11)13/h4-5,7,12H,2-3,6H2,1H3/t12-,13-/m1/s1. The third-order valence-electron chi connectivity index (χ3n) is 3.79. The summed E-state index contributed by atoms with van der Waals surface area (Å²) >= 11 is 5.29. The van der Waals surface area contributed by atoms with Crippen LogP contribution in [0.1, 0.15) is 31.7 Å². The first-order chi connectivity index (χ1) is 7.61. The zero-order chi connectivity index (χ0) is 11.3. The van der Waals surface area contributed by atoms with Crippen LogP contribution in [0.4, 0.5) is 0 Å². The monoisotopic (exact) mass is 296 g/mol. The summed E-state index contributed by atoms with van der Waals surface area (Å²) in [7, 11) is 0. The van der Waals surface area contributed by atoms with E-state index in [2.05, 4.69) is 41.1 Å². The Labute approximate surface area is 108 Å². The van der Waals surface area contributed by atoms with Crippen LogP contribution in [-0.2, 0) is 10.2 Å². The van der Waals surface area contributed by atoms with E-state index < -0.39 is 0 Å². The van der Waals surface area contributed by atoms with Crippen molar-refractivity contribution in [1.82, 2.24) is 0 Å². The van der Waals surface area contributed by atoms with Gasteiger partial charge >= 0.3 is 0 Å². The Morgan fingerprint density at radius 2 is 2.31 bits per heavy atom. The molecule has 0 aromatic heterocycles. The zero-order valence-corrected chi connectivity index (χ0v) is 11.5. The van der Waals surface area contributed by atoms with Gasteiger partial charge in [-0.15, -0.1) is 11.8 Å². The number of hydrogen-bond donors (Lipinski definition) is 0. The minimum Gasteiger partial charge on any atom is -0.298 e. The minimum atomic E-state index is 0.0686. The smallest absolute Gasteiger partial charge is 0.147 e. The number of rotatable bonds is 0. The van der Waals surface area contributed by atoms with Gasteiger partial charge in [0.25, 0.3) is 0 Å². The molecule has 2 atom stereocenters. The second-order valence-electron chi connectivity index (χ2n) is 4.88. The fourth-order valence-electron chi connectivity index (χ4n) is 2.90. The van der Waals surface area contributed by atoms with Crippen LogP contribution >= 0.6 is 27.7 Å². The van der Waals surface area contributed by atoms with Crippen LogP contribution in [0.3, 0.4) is 0 Å². The predicted molar refractivity (Wildman–Crippen MR) is 70.0 cm³/mol. The van der Waals surface area contributed by atoms with E-state index in [0.29, 0.717) is 5.78 Å². The Bertz CT molecular complexity index is 471. The number of thioether (sulfide) groups is 1. The molecule has 3 rings (SSSR count). The molecule has 0 saturated heterocycles. The van der Waals surface area contributed by atoms with Gasteiger partial charge in [-0.05, 0) is 36.6 Å². The lowest BCUT2D eigenvalue weighted by molar-refractivity contribution is -0.121. The van der Waals surface area contributed by atoms with Gasteiger partial charge in [0.05, 0.1) is 5.25 Å². The number of carbonyl (C=O) groups is 1. The highest BCUT2D eigenvalue weighted by molar-refractivity contribution is 9.10. The molecular weight excluding hydrogens is 284 g/mol. The molecule has 1 saturated carbocycles.